The number of carboxylic acid groups (broad SMARTS) is 1. The molecule has 4 N–H and O–H groups in total. The molecule has 0 aliphatic heterocycles. The third-order valence-corrected chi connectivity index (χ3v) is 3.38. The molecule has 3 rings (SSSR count). The van der Waals surface area contributed by atoms with Crippen LogP contribution in [-0.4, -0.2) is 16.2 Å². The molecular weight excluding hydrogens is 262 g/mol. The van der Waals surface area contributed by atoms with Crippen LogP contribution in [0.2, 0.25) is 0 Å². The molecule has 6 nitrogen and oxygen atoms in total. The van der Waals surface area contributed by atoms with Crippen molar-refractivity contribution in [3.05, 3.63) is 30.2 Å². The Hall–Kier alpha value is -2.47. The van der Waals surface area contributed by atoms with Crippen LogP contribution < -0.4 is 5.73 Å². The van der Waals surface area contributed by atoms with E-state index in [-0.39, 0.29) is 18.6 Å². The van der Waals surface area contributed by atoms with Crippen molar-refractivity contribution in [3.8, 4) is 5.75 Å². The van der Waals surface area contributed by atoms with Gasteiger partial charge in [-0.2, -0.15) is 0 Å². The van der Waals surface area contributed by atoms with Gasteiger partial charge in [0.1, 0.15) is 5.58 Å². The van der Waals surface area contributed by atoms with E-state index in [1.807, 2.05) is 0 Å². The fraction of sp³-hybridized carbons (Fsp3) is 0.214. The van der Waals surface area contributed by atoms with Gasteiger partial charge in [-0.1, -0.05) is 0 Å². The van der Waals surface area contributed by atoms with Crippen molar-refractivity contribution >= 4 is 27.9 Å². The Morgan fingerprint density at radius 1 is 1.20 bits per heavy atom. The zero-order valence-electron chi connectivity index (χ0n) is 10.5. The van der Waals surface area contributed by atoms with Gasteiger partial charge in [0.25, 0.3) is 0 Å². The third kappa shape index (κ3) is 1.81. The predicted octanol–water partition coefficient (Wildman–Crippen LogP) is 2.75. The Balaban J connectivity index is 2.20. The van der Waals surface area contributed by atoms with Crippen LogP contribution in [0.3, 0.4) is 0 Å². The van der Waals surface area contributed by atoms with Gasteiger partial charge in [0.15, 0.2) is 11.3 Å². The Kier molecular flexibility index (Phi) is 2.87. The number of rotatable bonds is 4. The van der Waals surface area contributed by atoms with E-state index in [0.717, 1.165) is 0 Å². The number of hydrogen-bond donors (Lipinski definition) is 3. The number of phenolic OH excluding ortho intramolecular Hbond substituents is 1. The van der Waals surface area contributed by atoms with Crippen molar-refractivity contribution < 1.29 is 23.8 Å². The molecule has 0 aliphatic carbocycles. The smallest absolute Gasteiger partial charge is 0.303 e. The van der Waals surface area contributed by atoms with Gasteiger partial charge in [-0.25, -0.2) is 0 Å². The number of furan rings is 2. The van der Waals surface area contributed by atoms with E-state index in [1.165, 1.54) is 12.5 Å². The fourth-order valence-corrected chi connectivity index (χ4v) is 2.45. The quantitative estimate of drug-likeness (QED) is 0.675. The summed E-state index contributed by atoms with van der Waals surface area (Å²) in [5.41, 5.74) is 7.56. The van der Waals surface area contributed by atoms with Crippen molar-refractivity contribution in [3.63, 3.8) is 0 Å². The van der Waals surface area contributed by atoms with E-state index >= 15 is 0 Å². The van der Waals surface area contributed by atoms with Crippen LogP contribution in [0.15, 0.2) is 33.5 Å². The summed E-state index contributed by atoms with van der Waals surface area (Å²) in [6, 6.07) is 2.80. The Morgan fingerprint density at radius 2 is 1.85 bits per heavy atom. The van der Waals surface area contributed by atoms with Crippen molar-refractivity contribution in [2.75, 3.05) is 0 Å². The summed E-state index contributed by atoms with van der Waals surface area (Å²) in [7, 11) is 0. The predicted molar refractivity (Wildman–Crippen MR) is 71.4 cm³/mol. The van der Waals surface area contributed by atoms with Gasteiger partial charge in [-0.3, -0.25) is 4.79 Å². The lowest BCUT2D eigenvalue weighted by molar-refractivity contribution is -0.137. The maximum absolute atomic E-state index is 10.7. The second-order valence-electron chi connectivity index (χ2n) is 4.63. The van der Waals surface area contributed by atoms with Crippen LogP contribution in [0.25, 0.3) is 21.9 Å². The molecule has 1 unspecified atom stereocenters. The lowest BCUT2D eigenvalue weighted by atomic mass is 9.97. The maximum Gasteiger partial charge on any atom is 0.303 e. The number of aromatic hydroxyl groups is 1. The first-order chi connectivity index (χ1) is 9.59. The number of nitrogens with two attached hydrogens (primary N) is 1. The van der Waals surface area contributed by atoms with Crippen LogP contribution in [0.4, 0.5) is 0 Å². The molecular formula is C14H13NO5. The molecule has 20 heavy (non-hydrogen) atoms. The van der Waals surface area contributed by atoms with Gasteiger partial charge < -0.3 is 24.8 Å². The molecule has 6 heteroatoms. The molecule has 3 aromatic rings. The number of benzene rings is 1. The van der Waals surface area contributed by atoms with Crippen LogP contribution in [0.5, 0.6) is 5.75 Å². The van der Waals surface area contributed by atoms with Crippen LogP contribution >= 0.6 is 0 Å². The maximum atomic E-state index is 10.7. The molecule has 0 radical (unpaired) electrons. The molecule has 1 atom stereocenters. The molecule has 0 saturated heterocycles. The molecule has 0 aliphatic rings. The molecule has 104 valence electrons. The van der Waals surface area contributed by atoms with Gasteiger partial charge in [0, 0.05) is 23.4 Å². The van der Waals surface area contributed by atoms with E-state index in [1.54, 1.807) is 12.1 Å². The topological polar surface area (TPSA) is 110 Å². The molecule has 0 spiro atoms. The van der Waals surface area contributed by atoms with E-state index in [4.69, 9.17) is 19.7 Å². The van der Waals surface area contributed by atoms with Crippen molar-refractivity contribution in [1.29, 1.82) is 0 Å². The summed E-state index contributed by atoms with van der Waals surface area (Å²) >= 11 is 0. The zero-order valence-corrected chi connectivity index (χ0v) is 10.5. The largest absolute Gasteiger partial charge is 0.504 e. The number of carboxylic acids is 1. The first-order valence-electron chi connectivity index (χ1n) is 6.16. The zero-order chi connectivity index (χ0) is 14.3. The van der Waals surface area contributed by atoms with Gasteiger partial charge in [-0.05, 0) is 18.6 Å². The van der Waals surface area contributed by atoms with Gasteiger partial charge in [0.05, 0.1) is 17.9 Å². The highest BCUT2D eigenvalue weighted by Gasteiger charge is 2.22. The highest BCUT2D eigenvalue weighted by atomic mass is 16.4. The normalized spacial score (nSPS) is 13.1. The highest BCUT2D eigenvalue weighted by Crippen LogP contribution is 2.41. The van der Waals surface area contributed by atoms with Crippen LogP contribution in [0, 0.1) is 0 Å². The van der Waals surface area contributed by atoms with E-state index in [0.29, 0.717) is 27.5 Å². The summed E-state index contributed by atoms with van der Waals surface area (Å²) < 4.78 is 10.7. The number of fused-ring (bicyclic) bond motifs is 2. The average Bonchev–Trinajstić information content (AvgIpc) is 3.05. The Bertz CT molecular complexity index is 734. The van der Waals surface area contributed by atoms with Crippen molar-refractivity contribution in [2.24, 2.45) is 5.73 Å². The first-order valence-corrected chi connectivity index (χ1v) is 6.16. The minimum atomic E-state index is -0.904. The lowest BCUT2D eigenvalue weighted by Gasteiger charge is -2.13. The number of aliphatic carboxylic acids is 1. The molecule has 0 fully saturated rings. The van der Waals surface area contributed by atoms with Crippen LogP contribution in [0.1, 0.15) is 24.4 Å². The lowest BCUT2D eigenvalue weighted by Crippen LogP contribution is -2.13. The molecule has 2 aromatic heterocycles. The minimum Gasteiger partial charge on any atom is -0.504 e. The molecule has 1 aromatic carbocycles. The Labute approximate surface area is 113 Å². The monoisotopic (exact) mass is 275 g/mol. The molecule has 0 amide bonds. The number of phenols is 1. The first kappa shape index (κ1) is 12.6. The second kappa shape index (κ2) is 4.57. The summed E-state index contributed by atoms with van der Waals surface area (Å²) in [5, 5.41) is 20.0. The van der Waals surface area contributed by atoms with E-state index in [9.17, 15) is 9.90 Å². The van der Waals surface area contributed by atoms with E-state index in [2.05, 4.69) is 0 Å². The van der Waals surface area contributed by atoms with Gasteiger partial charge in [0.2, 0.25) is 0 Å². The highest BCUT2D eigenvalue weighted by molar-refractivity contribution is 6.04. The standard InChI is InChI=1S/C14H13NO5/c15-9(1-2-10(16)17)11-7-3-5-20-14(7)12(18)8-4-6-19-13(8)11/h3-6,9,18H,1-2,15H2,(H,16,17). The Morgan fingerprint density at radius 3 is 2.55 bits per heavy atom. The SMILES string of the molecule is NC(CCC(=O)O)c1c2ccoc2c(O)c2ccoc12. The van der Waals surface area contributed by atoms with E-state index < -0.39 is 12.0 Å². The average molecular weight is 275 g/mol. The molecule has 0 bridgehead atoms. The number of carbonyl (C=O) groups is 1. The summed E-state index contributed by atoms with van der Waals surface area (Å²) in [4.78, 5) is 10.7. The second-order valence-corrected chi connectivity index (χ2v) is 4.63. The summed E-state index contributed by atoms with van der Waals surface area (Å²) in [5.74, 6) is -0.902. The number of hydrogen-bond acceptors (Lipinski definition) is 5. The van der Waals surface area contributed by atoms with Crippen molar-refractivity contribution in [1.82, 2.24) is 0 Å². The molecule has 0 saturated carbocycles. The van der Waals surface area contributed by atoms with Crippen LogP contribution in [-0.2, 0) is 4.79 Å². The van der Waals surface area contributed by atoms with Gasteiger partial charge >= 0.3 is 5.97 Å². The molecule has 2 heterocycles. The summed E-state index contributed by atoms with van der Waals surface area (Å²) in [6.07, 6.45) is 3.15. The third-order valence-electron chi connectivity index (χ3n) is 3.38. The fourth-order valence-electron chi connectivity index (χ4n) is 2.45. The minimum absolute atomic E-state index is 0.00272. The van der Waals surface area contributed by atoms with Gasteiger partial charge in [-0.15, -0.1) is 0 Å². The summed E-state index contributed by atoms with van der Waals surface area (Å²) in [6.45, 7) is 0. The van der Waals surface area contributed by atoms with Crippen molar-refractivity contribution in [2.45, 2.75) is 18.9 Å².